The Morgan fingerprint density at radius 3 is 2.67 bits per heavy atom. The molecule has 2 aromatic heterocycles. The number of nitrogen functional groups attached to an aromatic ring is 1. The fourth-order valence-electron chi connectivity index (χ4n) is 1.35. The maximum atomic E-state index is 5.99. The molecule has 0 radical (unpaired) electrons. The van der Waals surface area contributed by atoms with Crippen molar-refractivity contribution in [3.63, 3.8) is 0 Å². The lowest BCUT2D eigenvalue weighted by molar-refractivity contribution is 0.776. The van der Waals surface area contributed by atoms with Gasteiger partial charge >= 0.3 is 0 Å². The van der Waals surface area contributed by atoms with Gasteiger partial charge in [0.15, 0.2) is 0 Å². The lowest BCUT2D eigenvalue weighted by atomic mass is 10.2. The predicted molar refractivity (Wildman–Crippen MR) is 60.9 cm³/mol. The quantitative estimate of drug-likeness (QED) is 0.836. The molecular formula is C9H8Cl2N4. The minimum atomic E-state index is 0.380. The van der Waals surface area contributed by atoms with Crippen LogP contribution in [0.25, 0.3) is 11.3 Å². The molecule has 15 heavy (non-hydrogen) atoms. The molecular weight excluding hydrogens is 235 g/mol. The van der Waals surface area contributed by atoms with Crippen LogP contribution in [0, 0.1) is 0 Å². The van der Waals surface area contributed by atoms with E-state index in [2.05, 4.69) is 10.1 Å². The predicted octanol–water partition coefficient (Wildman–Crippen LogP) is 2.37. The van der Waals surface area contributed by atoms with Crippen LogP contribution in [0.2, 0.25) is 10.0 Å². The number of pyridine rings is 1. The molecule has 0 saturated carbocycles. The van der Waals surface area contributed by atoms with Gasteiger partial charge < -0.3 is 5.73 Å². The molecule has 0 bridgehead atoms. The first kappa shape index (κ1) is 10.3. The molecule has 0 aliphatic carbocycles. The van der Waals surface area contributed by atoms with E-state index < -0.39 is 0 Å². The summed E-state index contributed by atoms with van der Waals surface area (Å²) in [5.74, 6) is 0.380. The van der Waals surface area contributed by atoms with E-state index in [0.29, 0.717) is 27.1 Å². The largest absolute Gasteiger partial charge is 0.383 e. The van der Waals surface area contributed by atoms with Gasteiger partial charge in [-0.05, 0) is 6.07 Å². The topological polar surface area (TPSA) is 56.7 Å². The standard InChI is InChI=1S/C9H8Cl2N4/c1-15-8(7(11)4-14-15)6-2-5(10)3-13-9(6)12/h2-4H,1H3,(H2,12,13). The number of aryl methyl sites for hydroxylation is 1. The first-order valence-electron chi connectivity index (χ1n) is 4.18. The van der Waals surface area contributed by atoms with Crippen molar-refractivity contribution < 1.29 is 0 Å². The molecule has 2 N–H and O–H groups in total. The minimum Gasteiger partial charge on any atom is -0.383 e. The molecule has 0 aromatic carbocycles. The van der Waals surface area contributed by atoms with Crippen LogP contribution in [-0.2, 0) is 7.05 Å². The third-order valence-electron chi connectivity index (χ3n) is 2.03. The average molecular weight is 243 g/mol. The van der Waals surface area contributed by atoms with Crippen molar-refractivity contribution in [3.05, 3.63) is 28.5 Å². The Balaban J connectivity index is 2.68. The molecule has 0 amide bonds. The van der Waals surface area contributed by atoms with E-state index in [-0.39, 0.29) is 0 Å². The van der Waals surface area contributed by atoms with Gasteiger partial charge in [0.1, 0.15) is 5.82 Å². The number of hydrogen-bond acceptors (Lipinski definition) is 3. The number of hydrogen-bond donors (Lipinski definition) is 1. The van der Waals surface area contributed by atoms with Gasteiger partial charge in [0.05, 0.1) is 21.9 Å². The SMILES string of the molecule is Cn1ncc(Cl)c1-c1cc(Cl)cnc1N. The maximum Gasteiger partial charge on any atom is 0.132 e. The lowest BCUT2D eigenvalue weighted by Crippen LogP contribution is -1.99. The van der Waals surface area contributed by atoms with Crippen LogP contribution in [0.5, 0.6) is 0 Å². The number of aromatic nitrogens is 3. The fraction of sp³-hybridized carbons (Fsp3) is 0.111. The van der Waals surface area contributed by atoms with Gasteiger partial charge in [-0.15, -0.1) is 0 Å². The zero-order valence-corrected chi connectivity index (χ0v) is 9.42. The molecule has 0 unspecified atom stereocenters. The third-order valence-corrected chi connectivity index (χ3v) is 2.52. The van der Waals surface area contributed by atoms with Crippen molar-refractivity contribution in [1.29, 1.82) is 0 Å². The summed E-state index contributed by atoms with van der Waals surface area (Å²) < 4.78 is 1.63. The molecule has 4 nitrogen and oxygen atoms in total. The molecule has 6 heteroatoms. The van der Waals surface area contributed by atoms with Gasteiger partial charge in [-0.1, -0.05) is 23.2 Å². The molecule has 0 spiro atoms. The average Bonchev–Trinajstić information content (AvgIpc) is 2.51. The Labute approximate surface area is 96.6 Å². The highest BCUT2D eigenvalue weighted by Crippen LogP contribution is 2.31. The highest BCUT2D eigenvalue weighted by molar-refractivity contribution is 6.33. The Kier molecular flexibility index (Phi) is 2.54. The number of rotatable bonds is 1. The van der Waals surface area contributed by atoms with Gasteiger partial charge in [-0.25, -0.2) is 4.98 Å². The summed E-state index contributed by atoms with van der Waals surface area (Å²) in [6.45, 7) is 0. The van der Waals surface area contributed by atoms with Crippen LogP contribution >= 0.6 is 23.2 Å². The second-order valence-electron chi connectivity index (χ2n) is 3.05. The lowest BCUT2D eigenvalue weighted by Gasteiger charge is -2.06. The zero-order valence-electron chi connectivity index (χ0n) is 7.91. The summed E-state index contributed by atoms with van der Waals surface area (Å²) >= 11 is 11.8. The molecule has 0 atom stereocenters. The molecule has 0 saturated heterocycles. The van der Waals surface area contributed by atoms with Crippen LogP contribution < -0.4 is 5.73 Å². The van der Waals surface area contributed by atoms with Gasteiger partial charge in [-0.3, -0.25) is 4.68 Å². The molecule has 78 valence electrons. The molecule has 0 aliphatic heterocycles. The van der Waals surface area contributed by atoms with Crippen molar-refractivity contribution in [3.8, 4) is 11.3 Å². The van der Waals surface area contributed by atoms with E-state index in [4.69, 9.17) is 28.9 Å². The Morgan fingerprint density at radius 1 is 1.33 bits per heavy atom. The third kappa shape index (κ3) is 1.78. The van der Waals surface area contributed by atoms with Crippen molar-refractivity contribution in [2.75, 3.05) is 5.73 Å². The van der Waals surface area contributed by atoms with Crippen molar-refractivity contribution in [2.24, 2.45) is 7.05 Å². The summed E-state index contributed by atoms with van der Waals surface area (Å²) in [4.78, 5) is 3.96. The Bertz CT molecular complexity index is 487. The van der Waals surface area contributed by atoms with Crippen LogP contribution in [0.3, 0.4) is 0 Å². The van der Waals surface area contributed by atoms with Crippen LogP contribution in [-0.4, -0.2) is 14.8 Å². The maximum absolute atomic E-state index is 5.99. The zero-order chi connectivity index (χ0) is 11.0. The van der Waals surface area contributed by atoms with Gasteiger partial charge in [0, 0.05) is 18.8 Å². The number of nitrogens with zero attached hydrogens (tertiary/aromatic N) is 3. The molecule has 0 fully saturated rings. The summed E-state index contributed by atoms with van der Waals surface area (Å²) in [6.07, 6.45) is 3.04. The van der Waals surface area contributed by atoms with E-state index >= 15 is 0 Å². The monoisotopic (exact) mass is 242 g/mol. The van der Waals surface area contributed by atoms with Gasteiger partial charge in [0.25, 0.3) is 0 Å². The number of nitrogens with two attached hydrogens (primary N) is 1. The Hall–Kier alpha value is -1.26. The summed E-state index contributed by atoms with van der Waals surface area (Å²) in [5, 5.41) is 5.05. The van der Waals surface area contributed by atoms with E-state index in [1.807, 2.05) is 0 Å². The first-order valence-corrected chi connectivity index (χ1v) is 4.94. The second kappa shape index (κ2) is 3.72. The first-order chi connectivity index (χ1) is 7.09. The normalized spacial score (nSPS) is 10.6. The van der Waals surface area contributed by atoms with Crippen LogP contribution in [0.1, 0.15) is 0 Å². The van der Waals surface area contributed by atoms with Crippen molar-refractivity contribution >= 4 is 29.0 Å². The summed E-state index contributed by atoms with van der Waals surface area (Å²) in [5.41, 5.74) is 7.15. The van der Waals surface area contributed by atoms with Gasteiger partial charge in [-0.2, -0.15) is 5.10 Å². The highest BCUT2D eigenvalue weighted by Gasteiger charge is 2.13. The van der Waals surface area contributed by atoms with E-state index in [1.54, 1.807) is 24.0 Å². The molecule has 2 aromatic rings. The van der Waals surface area contributed by atoms with E-state index in [9.17, 15) is 0 Å². The smallest absolute Gasteiger partial charge is 0.132 e. The molecule has 2 heterocycles. The minimum absolute atomic E-state index is 0.380. The van der Waals surface area contributed by atoms with Crippen LogP contribution in [0.4, 0.5) is 5.82 Å². The summed E-state index contributed by atoms with van der Waals surface area (Å²) in [7, 11) is 1.78. The molecule has 0 aliphatic rings. The van der Waals surface area contributed by atoms with Crippen molar-refractivity contribution in [2.45, 2.75) is 0 Å². The Morgan fingerprint density at radius 2 is 2.07 bits per heavy atom. The van der Waals surface area contributed by atoms with E-state index in [0.717, 1.165) is 0 Å². The fourth-order valence-corrected chi connectivity index (χ4v) is 1.78. The molecule has 2 rings (SSSR count). The van der Waals surface area contributed by atoms with Crippen LogP contribution in [0.15, 0.2) is 18.5 Å². The second-order valence-corrected chi connectivity index (χ2v) is 3.89. The van der Waals surface area contributed by atoms with Gasteiger partial charge in [0.2, 0.25) is 0 Å². The number of anilines is 1. The van der Waals surface area contributed by atoms with Crippen molar-refractivity contribution in [1.82, 2.24) is 14.8 Å². The number of halogens is 2. The highest BCUT2D eigenvalue weighted by atomic mass is 35.5. The summed E-state index contributed by atoms with van der Waals surface area (Å²) in [6, 6.07) is 1.72. The van der Waals surface area contributed by atoms with E-state index in [1.165, 1.54) is 6.20 Å².